The number of carbonyl (C=O) groups excluding carboxylic acids is 1. The Morgan fingerprint density at radius 1 is 0.970 bits per heavy atom. The van der Waals surface area contributed by atoms with Crippen molar-refractivity contribution in [3.63, 3.8) is 0 Å². The highest BCUT2D eigenvalue weighted by atomic mass is 16.3. The zero-order valence-corrected chi connectivity index (χ0v) is 19.9. The average molecular weight is 443 g/mol. The van der Waals surface area contributed by atoms with Gasteiger partial charge in [0.2, 0.25) is 0 Å². The summed E-state index contributed by atoms with van der Waals surface area (Å²) in [6.45, 7) is 8.70. The van der Waals surface area contributed by atoms with Gasteiger partial charge in [-0.15, -0.1) is 0 Å². The normalized spacial score (nSPS) is 13.2. The first kappa shape index (κ1) is 22.9. The van der Waals surface area contributed by atoms with Gasteiger partial charge in [0.25, 0.3) is 5.91 Å². The van der Waals surface area contributed by atoms with Gasteiger partial charge in [-0.2, -0.15) is 0 Å². The number of aromatic hydroxyl groups is 1. The Morgan fingerprint density at radius 3 is 2.36 bits per heavy atom. The minimum absolute atomic E-state index is 0.0555. The number of nitrogens with one attached hydrogen (secondary N) is 1. The van der Waals surface area contributed by atoms with Gasteiger partial charge in [-0.25, -0.2) is 0 Å². The van der Waals surface area contributed by atoms with E-state index in [9.17, 15) is 9.90 Å². The molecule has 1 amide bonds. The van der Waals surface area contributed by atoms with Crippen LogP contribution >= 0.6 is 0 Å². The lowest BCUT2D eigenvalue weighted by atomic mass is 9.87. The van der Waals surface area contributed by atoms with E-state index in [0.717, 1.165) is 48.2 Å². The molecule has 2 N–H and O–H groups in total. The van der Waals surface area contributed by atoms with Gasteiger partial charge >= 0.3 is 0 Å². The lowest BCUT2D eigenvalue weighted by molar-refractivity contribution is 0.0746. The van der Waals surface area contributed by atoms with E-state index < -0.39 is 0 Å². The largest absolute Gasteiger partial charge is 0.508 e. The maximum absolute atomic E-state index is 13.8. The van der Waals surface area contributed by atoms with Gasteiger partial charge in [0.15, 0.2) is 0 Å². The van der Waals surface area contributed by atoms with Crippen molar-refractivity contribution < 1.29 is 9.90 Å². The summed E-state index contributed by atoms with van der Waals surface area (Å²) in [7, 11) is 0. The Hall–Kier alpha value is -3.27. The van der Waals surface area contributed by atoms with Crippen molar-refractivity contribution in [3.05, 3.63) is 94.5 Å². The summed E-state index contributed by atoms with van der Waals surface area (Å²) in [6, 6.07) is 21.9. The molecule has 1 heterocycles. The fourth-order valence-corrected chi connectivity index (χ4v) is 4.37. The molecular weight excluding hydrogens is 408 g/mol. The van der Waals surface area contributed by atoms with Crippen LogP contribution < -0.4 is 5.32 Å². The summed E-state index contributed by atoms with van der Waals surface area (Å²) in [5, 5.41) is 13.0. The molecule has 4 rings (SSSR count). The van der Waals surface area contributed by atoms with E-state index in [4.69, 9.17) is 0 Å². The van der Waals surface area contributed by atoms with Crippen LogP contribution in [0.3, 0.4) is 0 Å². The smallest absolute Gasteiger partial charge is 0.256 e. The number of hydrogen-bond donors (Lipinski definition) is 2. The molecule has 0 saturated heterocycles. The number of hydrogen-bond acceptors (Lipinski definition) is 3. The van der Waals surface area contributed by atoms with E-state index in [0.29, 0.717) is 13.1 Å². The molecule has 0 fully saturated rings. The van der Waals surface area contributed by atoms with Crippen molar-refractivity contribution in [2.75, 3.05) is 18.4 Å². The van der Waals surface area contributed by atoms with Gasteiger partial charge in [0.05, 0.1) is 11.3 Å². The molecule has 3 aromatic rings. The number of aryl methyl sites for hydroxylation is 1. The lowest BCUT2D eigenvalue weighted by Gasteiger charge is -2.27. The van der Waals surface area contributed by atoms with Gasteiger partial charge in [0, 0.05) is 19.6 Å². The summed E-state index contributed by atoms with van der Waals surface area (Å²) in [5.74, 6) is 0.313. The number of phenols is 1. The van der Waals surface area contributed by atoms with Crippen molar-refractivity contribution in [3.8, 4) is 5.75 Å². The lowest BCUT2D eigenvalue weighted by Crippen LogP contribution is -2.33. The fraction of sp³-hybridized carbons (Fsp3) is 0.345. The van der Waals surface area contributed by atoms with Crippen LogP contribution in [-0.2, 0) is 24.8 Å². The van der Waals surface area contributed by atoms with E-state index in [-0.39, 0.29) is 17.1 Å². The Kier molecular flexibility index (Phi) is 6.73. The van der Waals surface area contributed by atoms with Crippen LogP contribution in [0.15, 0.2) is 66.7 Å². The summed E-state index contributed by atoms with van der Waals surface area (Å²) in [4.78, 5) is 15.7. The molecule has 3 aromatic carbocycles. The number of anilines is 1. The zero-order chi connectivity index (χ0) is 23.4. The molecule has 4 nitrogen and oxygen atoms in total. The summed E-state index contributed by atoms with van der Waals surface area (Å²) in [6.07, 6.45) is 2.83. The van der Waals surface area contributed by atoms with Crippen molar-refractivity contribution >= 4 is 11.6 Å². The van der Waals surface area contributed by atoms with Crippen molar-refractivity contribution in [2.24, 2.45) is 0 Å². The second kappa shape index (κ2) is 9.70. The van der Waals surface area contributed by atoms with Crippen molar-refractivity contribution in [1.29, 1.82) is 0 Å². The number of carbonyl (C=O) groups is 1. The van der Waals surface area contributed by atoms with Crippen LogP contribution in [0.2, 0.25) is 0 Å². The average Bonchev–Trinajstić information content (AvgIpc) is 2.81. The topological polar surface area (TPSA) is 52.6 Å². The summed E-state index contributed by atoms with van der Waals surface area (Å²) >= 11 is 0. The number of benzene rings is 3. The van der Waals surface area contributed by atoms with E-state index in [2.05, 4.69) is 56.4 Å². The first-order valence-corrected chi connectivity index (χ1v) is 11.8. The Morgan fingerprint density at radius 2 is 1.67 bits per heavy atom. The molecule has 4 heteroatoms. The van der Waals surface area contributed by atoms with Gasteiger partial charge in [-0.05, 0) is 65.1 Å². The second-order valence-corrected chi connectivity index (χ2v) is 9.96. The number of rotatable bonds is 6. The second-order valence-electron chi connectivity index (χ2n) is 9.96. The standard InChI is InChI=1S/C29H34N2O2/c1-29(2,3)24-13-9-22(10-14-24)20-31(19-17-21-11-15-25(32)16-12-21)28(33)26-8-4-6-23-7-5-18-30-27(23)26/h4,6,8-16,30,32H,5,7,17-20H2,1-3H3. The van der Waals surface area contributed by atoms with E-state index >= 15 is 0 Å². The van der Waals surface area contributed by atoms with Crippen molar-refractivity contribution in [2.45, 2.75) is 52.0 Å². The fourth-order valence-electron chi connectivity index (χ4n) is 4.37. The van der Waals surface area contributed by atoms with Crippen molar-refractivity contribution in [1.82, 2.24) is 4.90 Å². The molecule has 0 radical (unpaired) electrons. The van der Waals surface area contributed by atoms with Gasteiger partial charge in [0.1, 0.15) is 5.75 Å². The molecule has 0 spiro atoms. The third-order valence-electron chi connectivity index (χ3n) is 6.39. The summed E-state index contributed by atoms with van der Waals surface area (Å²) < 4.78 is 0. The molecular formula is C29H34N2O2. The first-order valence-electron chi connectivity index (χ1n) is 11.8. The van der Waals surface area contributed by atoms with Crippen LogP contribution in [-0.4, -0.2) is 29.0 Å². The first-order chi connectivity index (χ1) is 15.8. The number of phenolic OH excluding ortho intramolecular Hbond substituents is 1. The predicted octanol–water partition coefficient (Wildman–Crippen LogP) is 5.93. The van der Waals surface area contributed by atoms with Crippen LogP contribution in [0.25, 0.3) is 0 Å². The molecule has 0 saturated carbocycles. The molecule has 1 aliphatic rings. The summed E-state index contributed by atoms with van der Waals surface area (Å²) in [5.41, 5.74) is 6.58. The van der Waals surface area contributed by atoms with Gasteiger partial charge in [-0.3, -0.25) is 4.79 Å². The molecule has 172 valence electrons. The van der Waals surface area contributed by atoms with Crippen LogP contribution in [0.1, 0.15) is 59.8 Å². The molecule has 33 heavy (non-hydrogen) atoms. The van der Waals surface area contributed by atoms with Crippen LogP contribution in [0.5, 0.6) is 5.75 Å². The van der Waals surface area contributed by atoms with Crippen LogP contribution in [0.4, 0.5) is 5.69 Å². The maximum atomic E-state index is 13.8. The van der Waals surface area contributed by atoms with E-state index in [1.165, 1.54) is 11.1 Å². The number of para-hydroxylation sites is 1. The molecule has 0 atom stereocenters. The predicted molar refractivity (Wildman–Crippen MR) is 135 cm³/mol. The highest BCUT2D eigenvalue weighted by molar-refractivity contribution is 6.00. The number of nitrogens with zero attached hydrogens (tertiary/aromatic N) is 1. The third kappa shape index (κ3) is 5.57. The highest BCUT2D eigenvalue weighted by Gasteiger charge is 2.23. The van der Waals surface area contributed by atoms with E-state index in [1.807, 2.05) is 29.2 Å². The quantitative estimate of drug-likeness (QED) is 0.497. The Balaban J connectivity index is 1.59. The molecule has 0 unspecified atom stereocenters. The molecule has 0 aliphatic carbocycles. The minimum atomic E-state index is 0.0555. The monoisotopic (exact) mass is 442 g/mol. The Bertz CT molecular complexity index is 1100. The molecule has 0 bridgehead atoms. The third-order valence-corrected chi connectivity index (χ3v) is 6.39. The highest BCUT2D eigenvalue weighted by Crippen LogP contribution is 2.28. The van der Waals surface area contributed by atoms with Gasteiger partial charge < -0.3 is 15.3 Å². The molecule has 1 aliphatic heterocycles. The molecule has 0 aromatic heterocycles. The SMILES string of the molecule is CC(C)(C)c1ccc(CN(CCc2ccc(O)cc2)C(=O)c2cccc3c2NCCC3)cc1. The maximum Gasteiger partial charge on any atom is 0.256 e. The minimum Gasteiger partial charge on any atom is -0.508 e. The van der Waals surface area contributed by atoms with Gasteiger partial charge in [-0.1, -0.05) is 69.3 Å². The van der Waals surface area contributed by atoms with E-state index in [1.54, 1.807) is 12.1 Å². The Labute approximate surface area is 197 Å². The zero-order valence-electron chi connectivity index (χ0n) is 19.9. The number of fused-ring (bicyclic) bond motifs is 1. The van der Waals surface area contributed by atoms with Crippen LogP contribution in [0, 0.1) is 0 Å². The number of amides is 1.